The van der Waals surface area contributed by atoms with Crippen LogP contribution in [0.15, 0.2) is 91.0 Å². The van der Waals surface area contributed by atoms with Crippen LogP contribution < -0.4 is 0 Å². The van der Waals surface area contributed by atoms with Gasteiger partial charge in [0.25, 0.3) is 0 Å². The fraction of sp³-hybridized carbons (Fsp3) is 0.300. The van der Waals surface area contributed by atoms with E-state index in [4.69, 9.17) is 9.47 Å². The van der Waals surface area contributed by atoms with Gasteiger partial charge >= 0.3 is 18.4 Å². The maximum absolute atomic E-state index is 13.5. The highest BCUT2D eigenvalue weighted by Crippen LogP contribution is 2.40. The minimum Gasteiger partial charge on any atom is -0.445 e. The minimum atomic E-state index is -5.05. The Kier molecular flexibility index (Phi) is 9.14. The van der Waals surface area contributed by atoms with Crippen LogP contribution in [0.1, 0.15) is 40.8 Å². The van der Waals surface area contributed by atoms with Crippen molar-refractivity contribution in [3.8, 4) is 0 Å². The predicted molar refractivity (Wildman–Crippen MR) is 142 cm³/mol. The van der Waals surface area contributed by atoms with Crippen LogP contribution in [0.25, 0.3) is 0 Å². The van der Waals surface area contributed by atoms with Gasteiger partial charge in [0.2, 0.25) is 6.04 Å². The number of ether oxygens (including phenoxy) is 2. The van der Waals surface area contributed by atoms with Crippen LogP contribution in [0.2, 0.25) is 0 Å². The molecule has 0 radical (unpaired) electrons. The summed E-state index contributed by atoms with van der Waals surface area (Å²) in [5.74, 6) is 0. The number of rotatable bonds is 8. The lowest BCUT2D eigenvalue weighted by molar-refractivity contribution is -0.511. The Morgan fingerprint density at radius 3 is 2.07 bits per heavy atom. The molecule has 0 saturated heterocycles. The molecule has 0 aliphatic carbocycles. The second-order valence-electron chi connectivity index (χ2n) is 9.95. The fourth-order valence-electron chi connectivity index (χ4n) is 4.69. The fourth-order valence-corrected chi connectivity index (χ4v) is 4.69. The molecule has 0 N–H and O–H groups in total. The molecule has 13 heteroatoms. The van der Waals surface area contributed by atoms with Crippen LogP contribution in [0.3, 0.4) is 0 Å². The minimum absolute atomic E-state index is 0.0216. The molecule has 4 rings (SSSR count). The first-order chi connectivity index (χ1) is 20.2. The summed E-state index contributed by atoms with van der Waals surface area (Å²) in [6.45, 7) is 0.205. The van der Waals surface area contributed by atoms with Crippen molar-refractivity contribution in [1.29, 1.82) is 0 Å². The summed E-state index contributed by atoms with van der Waals surface area (Å²) in [6.07, 6.45) is -9.70. The Labute approximate surface area is 242 Å². The molecule has 0 spiro atoms. The number of amides is 1. The van der Waals surface area contributed by atoms with Crippen molar-refractivity contribution in [3.05, 3.63) is 129 Å². The molecular weight excluding hydrogens is 582 g/mol. The molecule has 43 heavy (non-hydrogen) atoms. The predicted octanol–water partition coefficient (Wildman–Crippen LogP) is 7.55. The molecular formula is C30H26F6N2O5. The summed E-state index contributed by atoms with van der Waals surface area (Å²) >= 11 is 0. The van der Waals surface area contributed by atoms with Gasteiger partial charge in [-0.15, -0.1) is 0 Å². The Balaban J connectivity index is 1.71. The third-order valence-electron chi connectivity index (χ3n) is 7.05. The molecule has 3 atom stereocenters. The first kappa shape index (κ1) is 31.5. The Hall–Kier alpha value is -4.39. The van der Waals surface area contributed by atoms with Gasteiger partial charge in [0, 0.05) is 4.92 Å². The Bertz CT molecular complexity index is 1430. The molecule has 0 aromatic heterocycles. The quantitative estimate of drug-likeness (QED) is 0.114. The van der Waals surface area contributed by atoms with Gasteiger partial charge < -0.3 is 9.47 Å². The van der Waals surface area contributed by atoms with E-state index in [2.05, 4.69) is 0 Å². The van der Waals surface area contributed by atoms with Gasteiger partial charge in [-0.3, -0.25) is 15.0 Å². The van der Waals surface area contributed by atoms with Gasteiger partial charge in [-0.05, 0) is 54.0 Å². The highest BCUT2D eigenvalue weighted by atomic mass is 19.4. The molecule has 3 aromatic carbocycles. The lowest BCUT2D eigenvalue weighted by atomic mass is 9.85. The second kappa shape index (κ2) is 12.5. The topological polar surface area (TPSA) is 81.9 Å². The summed E-state index contributed by atoms with van der Waals surface area (Å²) in [6, 6.07) is 16.7. The van der Waals surface area contributed by atoms with E-state index in [9.17, 15) is 41.3 Å². The summed E-state index contributed by atoms with van der Waals surface area (Å²) in [5.41, 5.74) is -3.87. The van der Waals surface area contributed by atoms with E-state index in [1.54, 1.807) is 60.7 Å². The van der Waals surface area contributed by atoms with E-state index >= 15 is 0 Å². The second-order valence-corrected chi connectivity index (χ2v) is 9.95. The number of halogens is 6. The summed E-state index contributed by atoms with van der Waals surface area (Å²) in [4.78, 5) is 25.7. The van der Waals surface area contributed by atoms with E-state index in [0.717, 1.165) is 4.90 Å². The smallest absolute Gasteiger partial charge is 0.416 e. The number of hydrogen-bond acceptors (Lipinski definition) is 5. The van der Waals surface area contributed by atoms with Crippen LogP contribution >= 0.6 is 0 Å². The Morgan fingerprint density at radius 1 is 0.977 bits per heavy atom. The van der Waals surface area contributed by atoms with Crippen molar-refractivity contribution in [2.75, 3.05) is 13.2 Å². The van der Waals surface area contributed by atoms with Crippen molar-refractivity contribution in [2.45, 2.75) is 43.6 Å². The number of nitrogens with zero attached hydrogens (tertiary/aromatic N) is 2. The van der Waals surface area contributed by atoms with Gasteiger partial charge in [-0.2, -0.15) is 26.3 Å². The maximum Gasteiger partial charge on any atom is 0.416 e. The summed E-state index contributed by atoms with van der Waals surface area (Å²) in [7, 11) is 0. The summed E-state index contributed by atoms with van der Waals surface area (Å²) in [5, 5.41) is 11.7. The lowest BCUT2D eigenvalue weighted by Gasteiger charge is -2.44. The van der Waals surface area contributed by atoms with Crippen LogP contribution in [-0.2, 0) is 34.0 Å². The third kappa shape index (κ3) is 7.34. The number of nitro groups is 1. The average Bonchev–Trinajstić information content (AvgIpc) is 2.98. The number of alkyl halides is 6. The molecule has 0 bridgehead atoms. The normalized spacial score (nSPS) is 19.6. The molecule has 1 unspecified atom stereocenters. The van der Waals surface area contributed by atoms with Crippen LogP contribution in [0, 0.1) is 10.1 Å². The molecule has 1 amide bonds. The van der Waals surface area contributed by atoms with Gasteiger partial charge in [-0.25, -0.2) is 4.79 Å². The molecule has 7 nitrogen and oxygen atoms in total. The van der Waals surface area contributed by atoms with Gasteiger partial charge in [0.15, 0.2) is 0 Å². The van der Waals surface area contributed by atoms with Crippen LogP contribution in [0.4, 0.5) is 31.1 Å². The molecule has 228 valence electrons. The van der Waals surface area contributed by atoms with E-state index in [0.29, 0.717) is 23.3 Å². The average molecular weight is 609 g/mol. The first-order valence-corrected chi connectivity index (χ1v) is 13.0. The van der Waals surface area contributed by atoms with Crippen LogP contribution in [0.5, 0.6) is 0 Å². The van der Waals surface area contributed by atoms with Crippen molar-refractivity contribution in [1.82, 2.24) is 4.90 Å². The number of benzene rings is 3. The molecule has 0 fully saturated rings. The first-order valence-electron chi connectivity index (χ1n) is 13.0. The van der Waals surface area contributed by atoms with Gasteiger partial charge in [-0.1, -0.05) is 60.7 Å². The van der Waals surface area contributed by atoms with E-state index in [1.165, 1.54) is 19.1 Å². The number of hydrogen-bond donors (Lipinski definition) is 0. The number of carbonyl (C=O) groups excluding carboxylic acids is 1. The molecule has 1 heterocycles. The van der Waals surface area contributed by atoms with E-state index in [-0.39, 0.29) is 12.7 Å². The van der Waals surface area contributed by atoms with E-state index in [1.807, 2.05) is 0 Å². The zero-order chi connectivity index (χ0) is 31.4. The van der Waals surface area contributed by atoms with E-state index < -0.39 is 70.9 Å². The zero-order valence-corrected chi connectivity index (χ0v) is 22.6. The molecule has 3 aromatic rings. The SMILES string of the molecule is C[C@@H](OC[C@@]1(c2ccccc2)C=CC([N+](=O)[O-])CN1C(=O)OCc1ccccc1)c1cc(C(F)(F)F)cc(C(F)(F)F)c1. The largest absolute Gasteiger partial charge is 0.445 e. The standard InChI is InChI=1S/C30H26F6N2O5/c1-20(22-14-24(29(31,32)33)16-25(15-22)30(34,35)36)43-19-28(23-10-6-3-7-11-23)13-12-26(38(40)41)17-37(28)27(39)42-18-21-8-4-2-5-9-21/h2-16,20,26H,17-19H2,1H3/t20-,26?,28-/m1/s1. The van der Waals surface area contributed by atoms with Crippen LogP contribution in [-0.4, -0.2) is 35.1 Å². The van der Waals surface area contributed by atoms with Crippen molar-refractivity contribution in [3.63, 3.8) is 0 Å². The molecule has 1 aliphatic heterocycles. The summed E-state index contributed by atoms with van der Waals surface area (Å²) < 4.78 is 92.2. The van der Waals surface area contributed by atoms with Gasteiger partial charge in [0.05, 0.1) is 30.4 Å². The van der Waals surface area contributed by atoms with Crippen molar-refractivity contribution < 1.29 is 45.5 Å². The number of carbonyl (C=O) groups is 1. The lowest BCUT2D eigenvalue weighted by Crippen LogP contribution is -2.57. The van der Waals surface area contributed by atoms with Crippen molar-refractivity contribution in [2.24, 2.45) is 0 Å². The molecule has 0 saturated carbocycles. The van der Waals surface area contributed by atoms with Gasteiger partial charge in [0.1, 0.15) is 12.1 Å². The highest BCUT2D eigenvalue weighted by molar-refractivity contribution is 5.70. The zero-order valence-electron chi connectivity index (χ0n) is 22.6. The Morgan fingerprint density at radius 2 is 1.53 bits per heavy atom. The van der Waals surface area contributed by atoms with Crippen molar-refractivity contribution >= 4 is 6.09 Å². The highest BCUT2D eigenvalue weighted by Gasteiger charge is 2.47. The monoisotopic (exact) mass is 608 g/mol. The molecule has 1 aliphatic rings. The third-order valence-corrected chi connectivity index (χ3v) is 7.05. The maximum atomic E-state index is 13.5.